The molecule has 2 unspecified atom stereocenters. The molecule has 0 amide bonds. The zero-order valence-electron chi connectivity index (χ0n) is 11.6. The molecule has 2 atom stereocenters. The van der Waals surface area contributed by atoms with Crippen LogP contribution < -0.4 is 4.90 Å². The van der Waals surface area contributed by atoms with Crippen LogP contribution in [0.25, 0.3) is 6.08 Å². The van der Waals surface area contributed by atoms with Crippen LogP contribution in [-0.2, 0) is 4.74 Å². The van der Waals surface area contributed by atoms with Gasteiger partial charge in [0, 0.05) is 12.2 Å². The van der Waals surface area contributed by atoms with Crippen molar-refractivity contribution in [1.82, 2.24) is 0 Å². The molecular weight excluding hydrogens is 246 g/mol. The van der Waals surface area contributed by atoms with Gasteiger partial charge >= 0.3 is 0 Å². The van der Waals surface area contributed by atoms with Crippen LogP contribution in [0.3, 0.4) is 0 Å². The van der Waals surface area contributed by atoms with Crippen molar-refractivity contribution in [3.8, 4) is 0 Å². The van der Waals surface area contributed by atoms with E-state index in [4.69, 9.17) is 4.74 Å². The quantitative estimate of drug-likeness (QED) is 0.833. The summed E-state index contributed by atoms with van der Waals surface area (Å²) in [7, 11) is 0. The monoisotopic (exact) mass is 265 g/mol. The summed E-state index contributed by atoms with van der Waals surface area (Å²) in [5, 5.41) is 0. The SMILES string of the molecule is CC1CN(c2ccccc2)C(C=Cc2ccccc2)O1. The normalized spacial score (nSPS) is 22.6. The van der Waals surface area contributed by atoms with E-state index in [2.05, 4.69) is 60.4 Å². The first kappa shape index (κ1) is 12.9. The Labute approximate surface area is 120 Å². The zero-order chi connectivity index (χ0) is 13.8. The molecule has 0 aliphatic carbocycles. The summed E-state index contributed by atoms with van der Waals surface area (Å²) in [6.45, 7) is 3.04. The lowest BCUT2D eigenvalue weighted by Crippen LogP contribution is -2.28. The summed E-state index contributed by atoms with van der Waals surface area (Å²) in [5.74, 6) is 0. The second kappa shape index (κ2) is 5.93. The molecule has 2 aromatic rings. The molecule has 0 aromatic heterocycles. The Morgan fingerprint density at radius 3 is 2.35 bits per heavy atom. The largest absolute Gasteiger partial charge is 0.350 e. The number of rotatable bonds is 3. The van der Waals surface area contributed by atoms with Gasteiger partial charge in [-0.2, -0.15) is 0 Å². The van der Waals surface area contributed by atoms with E-state index in [-0.39, 0.29) is 12.3 Å². The maximum Gasteiger partial charge on any atom is 0.150 e. The van der Waals surface area contributed by atoms with Gasteiger partial charge in [-0.1, -0.05) is 54.6 Å². The second-order valence-corrected chi connectivity index (χ2v) is 5.09. The van der Waals surface area contributed by atoms with Crippen molar-refractivity contribution in [2.24, 2.45) is 0 Å². The van der Waals surface area contributed by atoms with Gasteiger partial charge in [0.2, 0.25) is 0 Å². The van der Waals surface area contributed by atoms with E-state index in [1.165, 1.54) is 11.3 Å². The van der Waals surface area contributed by atoms with Crippen molar-refractivity contribution in [2.45, 2.75) is 19.3 Å². The molecule has 2 aromatic carbocycles. The number of anilines is 1. The molecule has 1 heterocycles. The minimum absolute atomic E-state index is 0.00704. The third kappa shape index (κ3) is 2.91. The van der Waals surface area contributed by atoms with Gasteiger partial charge in [-0.25, -0.2) is 0 Å². The fourth-order valence-electron chi connectivity index (χ4n) is 2.51. The Morgan fingerprint density at radius 2 is 1.65 bits per heavy atom. The summed E-state index contributed by atoms with van der Waals surface area (Å²) >= 11 is 0. The fourth-order valence-corrected chi connectivity index (χ4v) is 2.51. The molecule has 1 aliphatic heterocycles. The lowest BCUT2D eigenvalue weighted by atomic mass is 10.2. The van der Waals surface area contributed by atoms with Gasteiger partial charge in [0.15, 0.2) is 0 Å². The Hall–Kier alpha value is -2.06. The van der Waals surface area contributed by atoms with E-state index in [1.807, 2.05) is 24.3 Å². The Morgan fingerprint density at radius 1 is 1.00 bits per heavy atom. The van der Waals surface area contributed by atoms with Crippen molar-refractivity contribution in [3.63, 3.8) is 0 Å². The minimum atomic E-state index is 0.00704. The van der Waals surface area contributed by atoms with Gasteiger partial charge < -0.3 is 9.64 Å². The highest BCUT2D eigenvalue weighted by Crippen LogP contribution is 2.25. The molecule has 1 saturated heterocycles. The summed E-state index contributed by atoms with van der Waals surface area (Å²) in [6.07, 6.45) is 4.51. The summed E-state index contributed by atoms with van der Waals surface area (Å²) in [4.78, 5) is 2.30. The third-order valence-electron chi connectivity index (χ3n) is 3.47. The summed E-state index contributed by atoms with van der Waals surface area (Å²) in [5.41, 5.74) is 2.41. The first-order valence-electron chi connectivity index (χ1n) is 7.03. The molecule has 1 aliphatic rings. The van der Waals surface area contributed by atoms with Gasteiger partial charge in [0.1, 0.15) is 6.23 Å². The van der Waals surface area contributed by atoms with Crippen molar-refractivity contribution in [3.05, 3.63) is 72.3 Å². The molecule has 102 valence electrons. The molecule has 2 heteroatoms. The molecule has 0 N–H and O–H groups in total. The maximum absolute atomic E-state index is 5.99. The van der Waals surface area contributed by atoms with Gasteiger partial charge in [0.25, 0.3) is 0 Å². The second-order valence-electron chi connectivity index (χ2n) is 5.09. The number of hydrogen-bond donors (Lipinski definition) is 0. The van der Waals surface area contributed by atoms with Crippen LogP contribution in [0.15, 0.2) is 66.7 Å². The number of nitrogens with zero attached hydrogens (tertiary/aromatic N) is 1. The lowest BCUT2D eigenvalue weighted by molar-refractivity contribution is 0.0875. The van der Waals surface area contributed by atoms with E-state index in [0.717, 1.165) is 6.54 Å². The van der Waals surface area contributed by atoms with Gasteiger partial charge in [-0.15, -0.1) is 0 Å². The molecule has 0 radical (unpaired) electrons. The van der Waals surface area contributed by atoms with Crippen LogP contribution in [0.1, 0.15) is 12.5 Å². The van der Waals surface area contributed by atoms with Crippen LogP contribution in [0.4, 0.5) is 5.69 Å². The van der Waals surface area contributed by atoms with Gasteiger partial charge in [-0.05, 0) is 30.7 Å². The Balaban J connectivity index is 1.79. The predicted octanol–water partition coefficient (Wildman–Crippen LogP) is 3.95. The fraction of sp³-hybridized carbons (Fsp3) is 0.222. The molecule has 0 saturated carbocycles. The summed E-state index contributed by atoms with van der Waals surface area (Å²) < 4.78 is 5.99. The number of para-hydroxylation sites is 1. The van der Waals surface area contributed by atoms with Crippen LogP contribution in [0.5, 0.6) is 0 Å². The predicted molar refractivity (Wildman–Crippen MR) is 83.6 cm³/mol. The Kier molecular flexibility index (Phi) is 3.84. The molecule has 1 fully saturated rings. The minimum Gasteiger partial charge on any atom is -0.350 e. The number of ether oxygens (including phenoxy) is 1. The van der Waals surface area contributed by atoms with Crippen molar-refractivity contribution in [2.75, 3.05) is 11.4 Å². The van der Waals surface area contributed by atoms with Crippen LogP contribution in [0, 0.1) is 0 Å². The highest BCUT2D eigenvalue weighted by Gasteiger charge is 2.28. The van der Waals surface area contributed by atoms with Crippen LogP contribution >= 0.6 is 0 Å². The van der Waals surface area contributed by atoms with Crippen molar-refractivity contribution in [1.29, 1.82) is 0 Å². The lowest BCUT2D eigenvalue weighted by Gasteiger charge is -2.22. The van der Waals surface area contributed by atoms with E-state index >= 15 is 0 Å². The zero-order valence-corrected chi connectivity index (χ0v) is 11.6. The van der Waals surface area contributed by atoms with Crippen molar-refractivity contribution < 1.29 is 4.74 Å². The summed E-state index contributed by atoms with van der Waals surface area (Å²) in [6, 6.07) is 20.8. The van der Waals surface area contributed by atoms with E-state index in [0.29, 0.717) is 0 Å². The number of benzene rings is 2. The average molecular weight is 265 g/mol. The van der Waals surface area contributed by atoms with E-state index in [1.54, 1.807) is 0 Å². The molecular formula is C18H19NO. The molecule has 2 nitrogen and oxygen atoms in total. The average Bonchev–Trinajstić information content (AvgIpc) is 2.88. The molecule has 20 heavy (non-hydrogen) atoms. The van der Waals surface area contributed by atoms with Gasteiger partial charge in [0.05, 0.1) is 6.10 Å². The first-order valence-corrected chi connectivity index (χ1v) is 7.03. The van der Waals surface area contributed by atoms with E-state index in [9.17, 15) is 0 Å². The highest BCUT2D eigenvalue weighted by atomic mass is 16.5. The van der Waals surface area contributed by atoms with Gasteiger partial charge in [-0.3, -0.25) is 0 Å². The smallest absolute Gasteiger partial charge is 0.150 e. The molecule has 3 rings (SSSR count). The first-order chi connectivity index (χ1) is 9.83. The highest BCUT2D eigenvalue weighted by molar-refractivity contribution is 5.53. The molecule has 0 bridgehead atoms. The van der Waals surface area contributed by atoms with E-state index < -0.39 is 0 Å². The maximum atomic E-state index is 5.99. The standard InChI is InChI=1S/C18H19NO/c1-15-14-19(17-10-6-3-7-11-17)18(20-15)13-12-16-8-4-2-5-9-16/h2-13,15,18H,14H2,1H3. The van der Waals surface area contributed by atoms with Crippen LogP contribution in [0.2, 0.25) is 0 Å². The third-order valence-corrected chi connectivity index (χ3v) is 3.47. The molecule has 0 spiro atoms. The Bertz CT molecular complexity index is 564. The topological polar surface area (TPSA) is 12.5 Å². The number of hydrogen-bond acceptors (Lipinski definition) is 2. The van der Waals surface area contributed by atoms with Crippen molar-refractivity contribution >= 4 is 11.8 Å². The van der Waals surface area contributed by atoms with Crippen LogP contribution in [-0.4, -0.2) is 18.9 Å².